The minimum Gasteiger partial charge on any atom is -0.493 e. The standard InChI is InChI=1S/C29H28N4O8S2/c1-7-40-27(36)23-15(3)31-29-33(24(23)16-11-18(37-4)25(39-6)19(12-16)38-5)26(35)20(42-29)13-17-8-9-22(41-17)43-28-30-14(2)10-21(34)32-28/h8-13,24H,7H2,1-6H3,(H,30,32,34)/b20-13+/t24-/m0/s1. The number of esters is 1. The first-order valence-electron chi connectivity index (χ1n) is 13.0. The third kappa shape index (κ3) is 5.88. The number of methoxy groups -OCH3 is 3. The van der Waals surface area contributed by atoms with Gasteiger partial charge in [0.25, 0.3) is 11.1 Å². The highest BCUT2D eigenvalue weighted by atomic mass is 32.2. The number of aromatic amines is 1. The summed E-state index contributed by atoms with van der Waals surface area (Å²) in [6.07, 6.45) is 1.61. The SMILES string of the molecule is CCOC(=O)C1=C(C)N=c2s/c(=C/c3ccc(Sc4nc(C)cc(=O)[nH]4)o3)c(=O)n2[C@H]1c1cc(OC)c(OC)c(OC)c1. The topological polar surface area (TPSA) is 147 Å². The summed E-state index contributed by atoms with van der Waals surface area (Å²) in [7, 11) is 4.47. The first-order valence-corrected chi connectivity index (χ1v) is 14.7. The molecule has 4 aromatic rings. The number of fused-ring (bicyclic) bond motifs is 1. The Labute approximate surface area is 253 Å². The van der Waals surface area contributed by atoms with Crippen LogP contribution < -0.4 is 34.7 Å². The molecule has 0 aliphatic carbocycles. The second-order valence-electron chi connectivity index (χ2n) is 9.21. The van der Waals surface area contributed by atoms with Crippen molar-refractivity contribution in [2.24, 2.45) is 4.99 Å². The van der Waals surface area contributed by atoms with Gasteiger partial charge in [-0.25, -0.2) is 14.8 Å². The number of thiazole rings is 1. The maximum absolute atomic E-state index is 14.0. The van der Waals surface area contributed by atoms with Gasteiger partial charge < -0.3 is 28.3 Å². The lowest BCUT2D eigenvalue weighted by Gasteiger charge is -2.26. The summed E-state index contributed by atoms with van der Waals surface area (Å²) in [6.45, 7) is 5.29. The number of hydrogen-bond donors (Lipinski definition) is 1. The van der Waals surface area contributed by atoms with E-state index in [2.05, 4.69) is 15.0 Å². The minimum atomic E-state index is -0.891. The van der Waals surface area contributed by atoms with E-state index in [1.54, 1.807) is 51.1 Å². The molecule has 14 heteroatoms. The number of aryl methyl sites for hydroxylation is 1. The number of H-pyrrole nitrogens is 1. The van der Waals surface area contributed by atoms with Crippen LogP contribution in [0.4, 0.5) is 0 Å². The molecular weight excluding hydrogens is 596 g/mol. The van der Waals surface area contributed by atoms with Crippen molar-refractivity contribution in [1.29, 1.82) is 0 Å². The largest absolute Gasteiger partial charge is 0.493 e. The molecule has 1 aromatic carbocycles. The molecule has 1 aliphatic heterocycles. The van der Waals surface area contributed by atoms with Gasteiger partial charge in [-0.2, -0.15) is 0 Å². The first kappa shape index (κ1) is 29.9. The second-order valence-corrected chi connectivity index (χ2v) is 11.2. The van der Waals surface area contributed by atoms with E-state index < -0.39 is 12.0 Å². The lowest BCUT2D eigenvalue weighted by Crippen LogP contribution is -2.40. The van der Waals surface area contributed by atoms with E-state index in [-0.39, 0.29) is 23.3 Å². The van der Waals surface area contributed by atoms with Crippen LogP contribution in [0.25, 0.3) is 6.08 Å². The van der Waals surface area contributed by atoms with Crippen LogP contribution >= 0.6 is 23.1 Å². The number of rotatable bonds is 9. The summed E-state index contributed by atoms with van der Waals surface area (Å²) in [6, 6.07) is 7.33. The summed E-state index contributed by atoms with van der Waals surface area (Å²) < 4.78 is 29.7. The van der Waals surface area contributed by atoms with Crippen LogP contribution in [0.2, 0.25) is 0 Å². The summed E-state index contributed by atoms with van der Waals surface area (Å²) in [4.78, 5) is 51.0. The molecule has 0 unspecified atom stereocenters. The molecule has 224 valence electrons. The fourth-order valence-corrected chi connectivity index (χ4v) is 6.49. The van der Waals surface area contributed by atoms with E-state index in [0.717, 1.165) is 23.1 Å². The van der Waals surface area contributed by atoms with E-state index in [4.69, 9.17) is 23.4 Å². The summed E-state index contributed by atoms with van der Waals surface area (Å²) >= 11 is 2.31. The van der Waals surface area contributed by atoms with E-state index in [1.807, 2.05) is 0 Å². The van der Waals surface area contributed by atoms with Gasteiger partial charge in [0.05, 0.1) is 49.8 Å². The Balaban J connectivity index is 1.63. The van der Waals surface area contributed by atoms with Crippen molar-refractivity contribution >= 4 is 35.1 Å². The van der Waals surface area contributed by atoms with Crippen molar-refractivity contribution in [2.75, 3.05) is 27.9 Å². The fraction of sp³-hybridized carbons (Fsp3) is 0.276. The van der Waals surface area contributed by atoms with Gasteiger partial charge in [-0.3, -0.25) is 14.2 Å². The number of allylic oxidation sites excluding steroid dienone is 1. The van der Waals surface area contributed by atoms with E-state index in [0.29, 0.717) is 59.5 Å². The molecule has 3 aromatic heterocycles. The monoisotopic (exact) mass is 624 g/mol. The van der Waals surface area contributed by atoms with Crippen molar-refractivity contribution in [2.45, 2.75) is 37.1 Å². The van der Waals surface area contributed by atoms with Crippen LogP contribution in [0.3, 0.4) is 0 Å². The minimum absolute atomic E-state index is 0.146. The number of furan rings is 1. The molecule has 43 heavy (non-hydrogen) atoms. The number of nitrogens with one attached hydrogen (secondary N) is 1. The van der Waals surface area contributed by atoms with Crippen LogP contribution in [0.1, 0.15) is 36.9 Å². The lowest BCUT2D eigenvalue weighted by atomic mass is 9.95. The number of carbonyl (C=O) groups is 1. The van der Waals surface area contributed by atoms with Gasteiger partial charge >= 0.3 is 5.97 Å². The van der Waals surface area contributed by atoms with Gasteiger partial charge in [0.15, 0.2) is 26.5 Å². The number of benzene rings is 1. The predicted molar refractivity (Wildman–Crippen MR) is 159 cm³/mol. The van der Waals surface area contributed by atoms with Gasteiger partial charge in [-0.1, -0.05) is 11.3 Å². The molecular formula is C29H28N4O8S2. The Morgan fingerprint density at radius 1 is 1.12 bits per heavy atom. The molecule has 0 spiro atoms. The molecule has 0 radical (unpaired) electrons. The molecule has 5 rings (SSSR count). The molecule has 12 nitrogen and oxygen atoms in total. The normalized spacial score (nSPS) is 14.7. The van der Waals surface area contributed by atoms with Gasteiger partial charge in [-0.15, -0.1) is 0 Å². The number of aromatic nitrogens is 3. The molecule has 1 atom stereocenters. The van der Waals surface area contributed by atoms with Crippen molar-refractivity contribution in [3.63, 3.8) is 0 Å². The smallest absolute Gasteiger partial charge is 0.338 e. The van der Waals surface area contributed by atoms with Gasteiger partial charge in [0, 0.05) is 17.8 Å². The van der Waals surface area contributed by atoms with Crippen molar-refractivity contribution in [3.05, 3.63) is 88.7 Å². The van der Waals surface area contributed by atoms with E-state index >= 15 is 0 Å². The van der Waals surface area contributed by atoms with Crippen LogP contribution in [-0.4, -0.2) is 48.4 Å². The Morgan fingerprint density at radius 2 is 1.84 bits per heavy atom. The number of ether oxygens (including phenoxy) is 4. The van der Waals surface area contributed by atoms with E-state index in [1.165, 1.54) is 32.0 Å². The fourth-order valence-electron chi connectivity index (χ4n) is 4.66. The zero-order valence-corrected chi connectivity index (χ0v) is 25.8. The van der Waals surface area contributed by atoms with E-state index in [9.17, 15) is 14.4 Å². The third-order valence-electron chi connectivity index (χ3n) is 6.44. The summed E-state index contributed by atoms with van der Waals surface area (Å²) in [5.41, 5.74) is 1.11. The Bertz CT molecular complexity index is 1960. The van der Waals surface area contributed by atoms with Gasteiger partial charge in [0.1, 0.15) is 5.76 Å². The predicted octanol–water partition coefficient (Wildman–Crippen LogP) is 2.96. The maximum atomic E-state index is 14.0. The highest BCUT2D eigenvalue weighted by molar-refractivity contribution is 7.99. The zero-order valence-electron chi connectivity index (χ0n) is 24.2. The number of nitrogens with zero attached hydrogens (tertiary/aromatic N) is 3. The van der Waals surface area contributed by atoms with Crippen LogP contribution in [-0.2, 0) is 9.53 Å². The molecule has 0 saturated heterocycles. The van der Waals surface area contributed by atoms with Crippen molar-refractivity contribution in [1.82, 2.24) is 14.5 Å². The molecule has 0 fully saturated rings. The lowest BCUT2D eigenvalue weighted by molar-refractivity contribution is -0.139. The Morgan fingerprint density at radius 3 is 2.47 bits per heavy atom. The van der Waals surface area contributed by atoms with Crippen LogP contribution in [0.15, 0.2) is 70.8 Å². The first-order chi connectivity index (χ1) is 20.7. The number of hydrogen-bond acceptors (Lipinski definition) is 12. The second kappa shape index (κ2) is 12.4. The average molecular weight is 625 g/mol. The molecule has 4 heterocycles. The van der Waals surface area contributed by atoms with Crippen molar-refractivity contribution in [3.8, 4) is 17.2 Å². The molecule has 1 aliphatic rings. The zero-order chi connectivity index (χ0) is 30.8. The number of carbonyl (C=O) groups excluding carboxylic acids is 1. The van der Waals surface area contributed by atoms with Crippen molar-refractivity contribution < 1.29 is 28.2 Å². The third-order valence-corrected chi connectivity index (χ3v) is 8.23. The highest BCUT2D eigenvalue weighted by Gasteiger charge is 2.34. The molecule has 1 N–H and O–H groups in total. The maximum Gasteiger partial charge on any atom is 0.338 e. The van der Waals surface area contributed by atoms with Crippen LogP contribution in [0.5, 0.6) is 17.2 Å². The average Bonchev–Trinajstić information content (AvgIpc) is 3.53. The molecule has 0 amide bonds. The molecule has 0 bridgehead atoms. The van der Waals surface area contributed by atoms with Gasteiger partial charge in [-0.05, 0) is 62.4 Å². The molecule has 0 saturated carbocycles. The summed E-state index contributed by atoms with van der Waals surface area (Å²) in [5, 5.41) is 0.862. The van der Waals surface area contributed by atoms with Gasteiger partial charge in [0.2, 0.25) is 5.75 Å². The highest BCUT2D eigenvalue weighted by Crippen LogP contribution is 2.42. The summed E-state index contributed by atoms with van der Waals surface area (Å²) in [5.74, 6) is 0.917. The Kier molecular flexibility index (Phi) is 8.59. The Hall–Kier alpha value is -4.56. The van der Waals surface area contributed by atoms with Crippen LogP contribution in [0, 0.1) is 6.92 Å². The quantitative estimate of drug-likeness (QED) is 0.218.